The van der Waals surface area contributed by atoms with E-state index < -0.39 is 0 Å². The number of thioether (sulfide) groups is 1. The smallest absolute Gasteiger partial charge is 0.271 e. The Hall–Kier alpha value is -2.84. The molecule has 4 aromatic rings. The lowest BCUT2D eigenvalue weighted by Gasteiger charge is -2.08. The van der Waals surface area contributed by atoms with Gasteiger partial charge in [0.05, 0.1) is 24.1 Å². The van der Waals surface area contributed by atoms with Crippen LogP contribution < -0.4 is 10.9 Å². The first kappa shape index (κ1) is 18.5. The molecule has 0 aliphatic carbocycles. The van der Waals surface area contributed by atoms with Gasteiger partial charge >= 0.3 is 0 Å². The Labute approximate surface area is 169 Å². The fourth-order valence-electron chi connectivity index (χ4n) is 2.76. The molecule has 1 amide bonds. The Morgan fingerprint density at radius 1 is 1.25 bits per heavy atom. The van der Waals surface area contributed by atoms with Gasteiger partial charge in [0.15, 0.2) is 5.16 Å². The maximum Gasteiger partial charge on any atom is 0.271 e. The average Bonchev–Trinajstić information content (AvgIpc) is 3.38. The Kier molecular flexibility index (Phi) is 5.31. The first-order chi connectivity index (χ1) is 13.6. The van der Waals surface area contributed by atoms with Gasteiger partial charge in [-0.3, -0.25) is 14.2 Å². The molecule has 0 spiro atoms. The van der Waals surface area contributed by atoms with Crippen LogP contribution in [0.4, 0.5) is 0 Å². The van der Waals surface area contributed by atoms with Crippen molar-refractivity contribution in [3.05, 3.63) is 70.2 Å². The molecule has 142 valence electrons. The molecule has 0 aliphatic heterocycles. The van der Waals surface area contributed by atoms with Crippen LogP contribution in [0.25, 0.3) is 21.3 Å². The van der Waals surface area contributed by atoms with Crippen LogP contribution >= 0.6 is 23.1 Å². The third-order valence-corrected chi connectivity index (χ3v) is 6.20. The zero-order chi connectivity index (χ0) is 19.5. The van der Waals surface area contributed by atoms with Crippen molar-refractivity contribution in [1.29, 1.82) is 0 Å². The van der Waals surface area contributed by atoms with Crippen LogP contribution in [0, 0.1) is 0 Å². The van der Waals surface area contributed by atoms with E-state index in [1.807, 2.05) is 35.7 Å². The lowest BCUT2D eigenvalue weighted by atomic mass is 10.1. The fourth-order valence-corrected chi connectivity index (χ4v) is 4.54. The predicted octanol–water partition coefficient (Wildman–Crippen LogP) is 3.66. The highest BCUT2D eigenvalue weighted by atomic mass is 32.2. The van der Waals surface area contributed by atoms with E-state index in [1.54, 1.807) is 25.4 Å². The average molecular weight is 412 g/mol. The van der Waals surface area contributed by atoms with Crippen molar-refractivity contribution < 1.29 is 9.21 Å². The molecule has 4 rings (SSSR count). The fraction of sp³-hybridized carbons (Fsp3) is 0.150. The highest BCUT2D eigenvalue weighted by molar-refractivity contribution is 7.99. The van der Waals surface area contributed by atoms with Crippen LogP contribution in [0.1, 0.15) is 5.76 Å². The third-order valence-electron chi connectivity index (χ3n) is 4.22. The monoisotopic (exact) mass is 411 g/mol. The predicted molar refractivity (Wildman–Crippen MR) is 112 cm³/mol. The molecule has 3 aromatic heterocycles. The second-order valence-corrected chi connectivity index (χ2v) is 7.92. The minimum Gasteiger partial charge on any atom is -0.467 e. The molecular formula is C20H17N3O3S2. The minimum absolute atomic E-state index is 0.101. The summed E-state index contributed by atoms with van der Waals surface area (Å²) in [6, 6.07) is 13.4. The standard InChI is InChI=1S/C20H17N3O3S2/c1-23-19(25)18-17(15(11-27-18)13-6-3-2-4-7-13)22-20(23)28-12-16(24)21-10-14-8-5-9-26-14/h2-9,11H,10,12H2,1H3,(H,21,24). The maximum absolute atomic E-state index is 12.7. The van der Waals surface area contributed by atoms with E-state index in [1.165, 1.54) is 27.7 Å². The molecule has 8 heteroatoms. The summed E-state index contributed by atoms with van der Waals surface area (Å²) in [6.07, 6.45) is 1.57. The number of nitrogens with one attached hydrogen (secondary N) is 1. The zero-order valence-corrected chi connectivity index (χ0v) is 16.7. The number of thiophene rings is 1. The SMILES string of the molecule is Cn1c(SCC(=O)NCc2ccco2)nc2c(-c3ccccc3)csc2c1=O. The molecule has 6 nitrogen and oxygen atoms in total. The molecule has 0 unspecified atom stereocenters. The first-order valence-corrected chi connectivity index (χ1v) is 10.5. The van der Waals surface area contributed by atoms with Crippen LogP contribution in [-0.4, -0.2) is 21.2 Å². The summed E-state index contributed by atoms with van der Waals surface area (Å²) in [5, 5.41) is 5.26. The van der Waals surface area contributed by atoms with Crippen LogP contribution in [0.3, 0.4) is 0 Å². The summed E-state index contributed by atoms with van der Waals surface area (Å²) in [6.45, 7) is 0.334. The number of hydrogen-bond acceptors (Lipinski definition) is 6. The van der Waals surface area contributed by atoms with Crippen molar-refractivity contribution in [2.75, 3.05) is 5.75 Å². The van der Waals surface area contributed by atoms with Crippen molar-refractivity contribution in [1.82, 2.24) is 14.9 Å². The van der Waals surface area contributed by atoms with Crippen molar-refractivity contribution in [2.45, 2.75) is 11.7 Å². The van der Waals surface area contributed by atoms with Crippen LogP contribution in [0.2, 0.25) is 0 Å². The molecule has 1 aromatic carbocycles. The number of furan rings is 1. The Morgan fingerprint density at radius 2 is 2.07 bits per heavy atom. The molecule has 0 aliphatic rings. The second kappa shape index (κ2) is 8.04. The summed E-state index contributed by atoms with van der Waals surface area (Å²) in [5.74, 6) is 0.706. The molecule has 1 N–H and O–H groups in total. The molecule has 0 fully saturated rings. The molecule has 0 radical (unpaired) electrons. The lowest BCUT2D eigenvalue weighted by molar-refractivity contribution is -0.118. The van der Waals surface area contributed by atoms with Crippen molar-refractivity contribution in [3.8, 4) is 11.1 Å². The number of fused-ring (bicyclic) bond motifs is 1. The Balaban J connectivity index is 1.56. The normalized spacial score (nSPS) is 11.0. The van der Waals surface area contributed by atoms with Gasteiger partial charge in [-0.2, -0.15) is 0 Å². The number of nitrogens with zero attached hydrogens (tertiary/aromatic N) is 2. The van der Waals surface area contributed by atoms with Gasteiger partial charge in [-0.15, -0.1) is 11.3 Å². The molecule has 0 bridgehead atoms. The van der Waals surface area contributed by atoms with Gasteiger partial charge < -0.3 is 9.73 Å². The van der Waals surface area contributed by atoms with Gasteiger partial charge in [-0.1, -0.05) is 42.1 Å². The topological polar surface area (TPSA) is 77.1 Å². The van der Waals surface area contributed by atoms with Crippen molar-refractivity contribution in [2.24, 2.45) is 7.05 Å². The van der Waals surface area contributed by atoms with E-state index in [2.05, 4.69) is 5.32 Å². The van der Waals surface area contributed by atoms with E-state index in [0.717, 1.165) is 11.1 Å². The number of aromatic nitrogens is 2. The number of carbonyl (C=O) groups is 1. The van der Waals surface area contributed by atoms with Crippen molar-refractivity contribution in [3.63, 3.8) is 0 Å². The van der Waals surface area contributed by atoms with E-state index in [0.29, 0.717) is 27.7 Å². The van der Waals surface area contributed by atoms with E-state index >= 15 is 0 Å². The summed E-state index contributed by atoms with van der Waals surface area (Å²) in [7, 11) is 1.68. The quantitative estimate of drug-likeness (QED) is 0.387. The lowest BCUT2D eigenvalue weighted by Crippen LogP contribution is -2.25. The molecule has 0 saturated carbocycles. The van der Waals surface area contributed by atoms with Gasteiger partial charge in [-0.25, -0.2) is 4.98 Å². The molecule has 0 atom stereocenters. The van der Waals surface area contributed by atoms with Gasteiger partial charge in [0.25, 0.3) is 5.56 Å². The summed E-state index contributed by atoms with van der Waals surface area (Å²) >= 11 is 2.64. The number of rotatable bonds is 6. The molecular weight excluding hydrogens is 394 g/mol. The van der Waals surface area contributed by atoms with E-state index in [-0.39, 0.29) is 17.2 Å². The molecule has 28 heavy (non-hydrogen) atoms. The summed E-state index contributed by atoms with van der Waals surface area (Å²) in [4.78, 5) is 29.5. The highest BCUT2D eigenvalue weighted by Gasteiger charge is 2.16. The van der Waals surface area contributed by atoms with Gasteiger partial charge in [0.1, 0.15) is 10.5 Å². The number of hydrogen-bond donors (Lipinski definition) is 1. The first-order valence-electron chi connectivity index (χ1n) is 8.59. The van der Waals surface area contributed by atoms with E-state index in [4.69, 9.17) is 9.40 Å². The maximum atomic E-state index is 12.7. The minimum atomic E-state index is -0.149. The van der Waals surface area contributed by atoms with Gasteiger partial charge in [0.2, 0.25) is 5.91 Å². The number of benzene rings is 1. The van der Waals surface area contributed by atoms with Crippen LogP contribution in [0.15, 0.2) is 68.5 Å². The van der Waals surface area contributed by atoms with Gasteiger partial charge in [-0.05, 0) is 17.7 Å². The van der Waals surface area contributed by atoms with Crippen LogP contribution in [-0.2, 0) is 18.4 Å². The number of amides is 1. The molecule has 3 heterocycles. The van der Waals surface area contributed by atoms with E-state index in [9.17, 15) is 9.59 Å². The summed E-state index contributed by atoms with van der Waals surface area (Å²) in [5.41, 5.74) is 2.53. The Bertz CT molecular complexity index is 1160. The summed E-state index contributed by atoms with van der Waals surface area (Å²) < 4.78 is 7.31. The third kappa shape index (κ3) is 3.74. The molecule has 0 saturated heterocycles. The zero-order valence-electron chi connectivity index (χ0n) is 15.0. The van der Waals surface area contributed by atoms with Crippen LogP contribution in [0.5, 0.6) is 0 Å². The second-order valence-electron chi connectivity index (χ2n) is 6.10. The van der Waals surface area contributed by atoms with Gasteiger partial charge in [0, 0.05) is 18.0 Å². The highest BCUT2D eigenvalue weighted by Crippen LogP contribution is 2.32. The number of carbonyl (C=O) groups excluding carboxylic acids is 1. The largest absolute Gasteiger partial charge is 0.467 e. The van der Waals surface area contributed by atoms with Crippen molar-refractivity contribution >= 4 is 39.2 Å². The Morgan fingerprint density at radius 3 is 2.82 bits per heavy atom.